The van der Waals surface area contributed by atoms with Gasteiger partial charge in [0.1, 0.15) is 4.47 Å². The van der Waals surface area contributed by atoms with Crippen LogP contribution in [-0.4, -0.2) is 16.9 Å². The van der Waals surface area contributed by atoms with Crippen molar-refractivity contribution in [3.05, 3.63) is 17.1 Å². The summed E-state index contributed by atoms with van der Waals surface area (Å²) in [6, 6.07) is 0. The lowest BCUT2D eigenvalue weighted by Gasteiger charge is -1.97. The summed E-state index contributed by atoms with van der Waals surface area (Å²) in [5.74, 6) is 0.699. The Kier molecular flexibility index (Phi) is 1.99. The summed E-state index contributed by atoms with van der Waals surface area (Å²) in [7, 11) is 3.40. The molecule has 0 unspecified atom stereocenters. The smallest absolute Gasteiger partial charge is 0.226 e. The zero-order chi connectivity index (χ0) is 7.72. The summed E-state index contributed by atoms with van der Waals surface area (Å²) in [4.78, 5) is 0. The average molecular weight is 204 g/mol. The van der Waals surface area contributed by atoms with Crippen LogP contribution in [0.3, 0.4) is 0 Å². The molecule has 0 fully saturated rings. The van der Waals surface area contributed by atoms with Crippen LogP contribution >= 0.6 is 15.9 Å². The van der Waals surface area contributed by atoms with Gasteiger partial charge in [-0.15, -0.1) is 0 Å². The van der Waals surface area contributed by atoms with E-state index in [4.69, 9.17) is 4.74 Å². The molecule has 3 nitrogen and oxygen atoms in total. The number of aromatic nitrogens is 2. The fourth-order valence-corrected chi connectivity index (χ4v) is 1.26. The molecule has 10 heavy (non-hydrogen) atoms. The second kappa shape index (κ2) is 2.62. The summed E-state index contributed by atoms with van der Waals surface area (Å²) in [6.07, 6.45) is 0. The molecule has 0 N–H and O–H groups in total. The van der Waals surface area contributed by atoms with Crippen molar-refractivity contribution < 1.29 is 4.74 Å². The zero-order valence-corrected chi connectivity index (χ0v) is 7.47. The molecule has 1 rings (SSSR count). The van der Waals surface area contributed by atoms with Gasteiger partial charge < -0.3 is 4.74 Å². The molecule has 1 heterocycles. The van der Waals surface area contributed by atoms with Crippen molar-refractivity contribution in [1.82, 2.24) is 9.78 Å². The Bertz CT molecular complexity index is 244. The third-order valence-corrected chi connectivity index (χ3v) is 2.00. The first kappa shape index (κ1) is 7.60. The van der Waals surface area contributed by atoms with Gasteiger partial charge in [0.05, 0.1) is 12.8 Å². The monoisotopic (exact) mass is 203 g/mol. The molecule has 0 aliphatic heterocycles. The lowest BCUT2D eigenvalue weighted by molar-refractivity contribution is 0.371. The Hall–Kier alpha value is -0.510. The van der Waals surface area contributed by atoms with E-state index in [-0.39, 0.29) is 0 Å². The van der Waals surface area contributed by atoms with Crippen LogP contribution in [-0.2, 0) is 7.05 Å². The van der Waals surface area contributed by atoms with Gasteiger partial charge in [0.25, 0.3) is 0 Å². The van der Waals surface area contributed by atoms with Crippen molar-refractivity contribution in [3.63, 3.8) is 0 Å². The largest absolute Gasteiger partial charge is 0.480 e. The van der Waals surface area contributed by atoms with Crippen LogP contribution in [0.1, 0.15) is 5.69 Å². The van der Waals surface area contributed by atoms with Crippen molar-refractivity contribution in [3.8, 4) is 5.88 Å². The van der Waals surface area contributed by atoms with Crippen molar-refractivity contribution in [2.75, 3.05) is 7.11 Å². The molecule has 0 saturated heterocycles. The van der Waals surface area contributed by atoms with Crippen LogP contribution < -0.4 is 4.74 Å². The first-order valence-corrected chi connectivity index (χ1v) is 3.54. The summed E-state index contributed by atoms with van der Waals surface area (Å²) in [5, 5.41) is 4.02. The SMILES string of the molecule is [CH2]c1nn(C)c(OC)c1Br. The minimum absolute atomic E-state index is 0.694. The second-order valence-electron chi connectivity index (χ2n) is 1.89. The van der Waals surface area contributed by atoms with Crippen LogP contribution in [0, 0.1) is 6.92 Å². The molecule has 1 radical (unpaired) electrons. The van der Waals surface area contributed by atoms with Gasteiger partial charge in [0, 0.05) is 7.05 Å². The Morgan fingerprint density at radius 2 is 2.30 bits per heavy atom. The van der Waals surface area contributed by atoms with Crippen LogP contribution in [0.2, 0.25) is 0 Å². The van der Waals surface area contributed by atoms with Gasteiger partial charge in [-0.2, -0.15) is 5.10 Å². The summed E-state index contributed by atoms with van der Waals surface area (Å²) in [5.41, 5.74) is 0.694. The lowest BCUT2D eigenvalue weighted by atomic mass is 10.5. The highest BCUT2D eigenvalue weighted by atomic mass is 79.9. The van der Waals surface area contributed by atoms with Crippen molar-refractivity contribution in [2.45, 2.75) is 0 Å². The Balaban J connectivity index is 3.20. The predicted octanol–water partition coefficient (Wildman–Crippen LogP) is 1.37. The van der Waals surface area contributed by atoms with E-state index < -0.39 is 0 Å². The van der Waals surface area contributed by atoms with E-state index in [9.17, 15) is 0 Å². The van der Waals surface area contributed by atoms with Gasteiger partial charge in [-0.05, 0) is 22.9 Å². The van der Waals surface area contributed by atoms with Crippen molar-refractivity contribution >= 4 is 15.9 Å². The molecule has 1 aromatic rings. The van der Waals surface area contributed by atoms with E-state index in [1.165, 1.54) is 0 Å². The number of ether oxygens (including phenoxy) is 1. The molecule has 0 atom stereocenters. The summed E-state index contributed by atoms with van der Waals surface area (Å²) < 4.78 is 7.46. The molecule has 0 saturated carbocycles. The topological polar surface area (TPSA) is 27.1 Å². The number of methoxy groups -OCH3 is 1. The Morgan fingerprint density at radius 1 is 1.70 bits per heavy atom. The van der Waals surface area contributed by atoms with Gasteiger partial charge in [-0.25, -0.2) is 4.68 Å². The standard InChI is InChI=1S/C6H8BrN2O/c1-4-5(7)6(10-3)9(2)8-4/h1H2,2-3H3. The summed E-state index contributed by atoms with van der Waals surface area (Å²) in [6.45, 7) is 3.69. The fourth-order valence-electron chi connectivity index (χ4n) is 0.758. The number of rotatable bonds is 1. The lowest BCUT2D eigenvalue weighted by Crippen LogP contribution is -1.94. The molecule has 4 heteroatoms. The molecule has 0 aromatic carbocycles. The van der Waals surface area contributed by atoms with E-state index in [0.717, 1.165) is 4.47 Å². The fraction of sp³-hybridized carbons (Fsp3) is 0.333. The van der Waals surface area contributed by atoms with Gasteiger partial charge in [0.2, 0.25) is 5.88 Å². The maximum Gasteiger partial charge on any atom is 0.226 e. The minimum atomic E-state index is 0.694. The van der Waals surface area contributed by atoms with Gasteiger partial charge in [0.15, 0.2) is 0 Å². The van der Waals surface area contributed by atoms with Crippen molar-refractivity contribution in [2.24, 2.45) is 7.05 Å². The highest BCUT2D eigenvalue weighted by Crippen LogP contribution is 2.26. The number of aryl methyl sites for hydroxylation is 1. The van der Waals surface area contributed by atoms with Crippen molar-refractivity contribution in [1.29, 1.82) is 0 Å². The highest BCUT2D eigenvalue weighted by molar-refractivity contribution is 9.10. The maximum atomic E-state index is 5.01. The van der Waals surface area contributed by atoms with Crippen LogP contribution in [0.4, 0.5) is 0 Å². The number of hydrogen-bond acceptors (Lipinski definition) is 2. The predicted molar refractivity (Wildman–Crippen MR) is 41.9 cm³/mol. The van der Waals surface area contributed by atoms with E-state index in [0.29, 0.717) is 11.6 Å². The normalized spacial score (nSPS) is 10.0. The van der Waals surface area contributed by atoms with E-state index in [1.807, 2.05) is 0 Å². The number of nitrogens with zero attached hydrogens (tertiary/aromatic N) is 2. The van der Waals surface area contributed by atoms with E-state index in [2.05, 4.69) is 28.0 Å². The first-order valence-electron chi connectivity index (χ1n) is 2.75. The summed E-state index contributed by atoms with van der Waals surface area (Å²) >= 11 is 3.29. The molecule has 0 amide bonds. The molecule has 0 aliphatic carbocycles. The van der Waals surface area contributed by atoms with E-state index in [1.54, 1.807) is 18.8 Å². The second-order valence-corrected chi connectivity index (χ2v) is 2.69. The Labute approximate surface area is 68.1 Å². The van der Waals surface area contributed by atoms with Gasteiger partial charge >= 0.3 is 0 Å². The van der Waals surface area contributed by atoms with Crippen LogP contribution in [0.25, 0.3) is 0 Å². The van der Waals surface area contributed by atoms with E-state index >= 15 is 0 Å². The molecule has 1 aromatic heterocycles. The number of halogens is 1. The third kappa shape index (κ3) is 1.03. The third-order valence-electron chi connectivity index (χ3n) is 1.20. The maximum absolute atomic E-state index is 5.01. The molecule has 0 aliphatic rings. The molecule has 55 valence electrons. The van der Waals surface area contributed by atoms with Crippen LogP contribution in [0.5, 0.6) is 5.88 Å². The Morgan fingerprint density at radius 3 is 2.50 bits per heavy atom. The molecular weight excluding hydrogens is 196 g/mol. The van der Waals surface area contributed by atoms with Gasteiger partial charge in [-0.3, -0.25) is 0 Å². The van der Waals surface area contributed by atoms with Crippen LogP contribution in [0.15, 0.2) is 4.47 Å². The minimum Gasteiger partial charge on any atom is -0.480 e. The molecule has 0 spiro atoms. The quantitative estimate of drug-likeness (QED) is 0.690. The molecular formula is C6H8BrN2O. The van der Waals surface area contributed by atoms with Gasteiger partial charge in [-0.1, -0.05) is 0 Å². The average Bonchev–Trinajstić information content (AvgIpc) is 2.09. The first-order chi connectivity index (χ1) is 4.66. The highest BCUT2D eigenvalue weighted by Gasteiger charge is 2.09. The molecule has 0 bridgehead atoms. The number of hydrogen-bond donors (Lipinski definition) is 0. The zero-order valence-electron chi connectivity index (χ0n) is 5.89.